The Labute approximate surface area is 190 Å². The van der Waals surface area contributed by atoms with Gasteiger partial charge < -0.3 is 9.72 Å². The monoisotopic (exact) mass is 440 g/mol. The molecule has 33 heavy (non-hydrogen) atoms. The Bertz CT molecular complexity index is 1360. The van der Waals surface area contributed by atoms with E-state index < -0.39 is 0 Å². The minimum Gasteiger partial charge on any atom is -0.312 e. The second kappa shape index (κ2) is 8.55. The van der Waals surface area contributed by atoms with Crippen molar-refractivity contribution in [2.75, 3.05) is 6.54 Å². The highest BCUT2D eigenvalue weighted by atomic mass is 15.4. The fourth-order valence-electron chi connectivity index (χ4n) is 4.10. The van der Waals surface area contributed by atoms with E-state index in [1.54, 1.807) is 34.2 Å². The maximum atomic E-state index is 4.73. The van der Waals surface area contributed by atoms with Crippen LogP contribution in [0, 0.1) is 5.92 Å². The third-order valence-corrected chi connectivity index (χ3v) is 6.12. The van der Waals surface area contributed by atoms with Crippen molar-refractivity contribution in [1.82, 2.24) is 49.7 Å². The maximum absolute atomic E-state index is 4.73. The molecule has 0 amide bonds. The van der Waals surface area contributed by atoms with Crippen LogP contribution in [-0.4, -0.2) is 50.9 Å². The Morgan fingerprint density at radius 3 is 2.88 bits per heavy atom. The van der Waals surface area contributed by atoms with Crippen LogP contribution in [0.15, 0.2) is 61.6 Å². The molecular weight excluding hydrogens is 416 g/mol. The molecule has 10 heteroatoms. The number of hydrogen-bond acceptors (Lipinski definition) is 7. The van der Waals surface area contributed by atoms with Crippen LogP contribution in [0.25, 0.3) is 22.6 Å². The van der Waals surface area contributed by atoms with Gasteiger partial charge in [-0.05, 0) is 43.0 Å². The van der Waals surface area contributed by atoms with E-state index in [4.69, 9.17) is 4.98 Å². The molecule has 1 aliphatic rings. The van der Waals surface area contributed by atoms with Gasteiger partial charge in [0.05, 0.1) is 42.7 Å². The van der Waals surface area contributed by atoms with E-state index in [1.807, 2.05) is 12.3 Å². The normalized spacial score (nSPS) is 14.1. The molecular formula is C23H24N10. The average molecular weight is 441 g/mol. The second-order valence-electron chi connectivity index (χ2n) is 8.54. The van der Waals surface area contributed by atoms with Gasteiger partial charge >= 0.3 is 0 Å². The van der Waals surface area contributed by atoms with E-state index in [9.17, 15) is 0 Å². The van der Waals surface area contributed by atoms with Gasteiger partial charge in [0.25, 0.3) is 0 Å². The summed E-state index contributed by atoms with van der Waals surface area (Å²) < 4.78 is 5.54. The van der Waals surface area contributed by atoms with Crippen LogP contribution >= 0.6 is 0 Å². The summed E-state index contributed by atoms with van der Waals surface area (Å²) in [6.45, 7) is 2.54. The minimum atomic E-state index is 0.542. The van der Waals surface area contributed by atoms with Crippen molar-refractivity contribution in [3.05, 3.63) is 72.8 Å². The molecule has 6 rings (SSSR count). The lowest BCUT2D eigenvalue weighted by atomic mass is 9.85. The lowest BCUT2D eigenvalue weighted by Gasteiger charge is -2.25. The Morgan fingerprint density at radius 1 is 1.06 bits per heavy atom. The summed E-state index contributed by atoms with van der Waals surface area (Å²) in [7, 11) is 0. The highest BCUT2D eigenvalue weighted by molar-refractivity contribution is 5.59. The first-order valence-electron chi connectivity index (χ1n) is 11.2. The van der Waals surface area contributed by atoms with E-state index in [0.29, 0.717) is 6.54 Å². The number of pyridine rings is 2. The van der Waals surface area contributed by atoms with Crippen LogP contribution < -0.4 is 5.32 Å². The van der Waals surface area contributed by atoms with Crippen molar-refractivity contribution < 1.29 is 0 Å². The van der Waals surface area contributed by atoms with Crippen LogP contribution in [0.3, 0.4) is 0 Å². The van der Waals surface area contributed by atoms with E-state index >= 15 is 0 Å². The molecule has 0 unspecified atom stereocenters. The number of fused-ring (bicyclic) bond motifs is 1. The van der Waals surface area contributed by atoms with Crippen LogP contribution in [0.4, 0.5) is 0 Å². The van der Waals surface area contributed by atoms with Crippen molar-refractivity contribution in [3.8, 4) is 16.9 Å². The quantitative estimate of drug-likeness (QED) is 0.395. The Morgan fingerprint density at radius 2 is 2.03 bits per heavy atom. The van der Waals surface area contributed by atoms with Gasteiger partial charge in [0.15, 0.2) is 0 Å². The fourth-order valence-corrected chi connectivity index (χ4v) is 4.10. The zero-order valence-corrected chi connectivity index (χ0v) is 18.1. The molecule has 0 atom stereocenters. The Hall–Kier alpha value is -3.92. The molecule has 1 fully saturated rings. The van der Waals surface area contributed by atoms with Gasteiger partial charge in [-0.3, -0.25) is 4.98 Å². The first-order chi connectivity index (χ1) is 16.3. The van der Waals surface area contributed by atoms with E-state index in [0.717, 1.165) is 47.3 Å². The molecule has 1 saturated carbocycles. The highest BCUT2D eigenvalue weighted by Gasteiger charge is 2.16. The first kappa shape index (κ1) is 19.7. The van der Waals surface area contributed by atoms with Crippen molar-refractivity contribution in [3.63, 3.8) is 0 Å². The standard InChI is InChI=1S/C23H24N10/c1-2-17(3-1)9-24-10-18-4-5-23-27-20(14-31(23)13-18)15-32-16-22(28-30-32)19-8-21(12-25-11-19)33-7-6-26-29-33/h4-8,11-14,16-17,24H,1-3,9-10,15H2. The molecule has 10 nitrogen and oxygen atoms in total. The van der Waals surface area contributed by atoms with E-state index in [-0.39, 0.29) is 0 Å². The number of nitrogens with zero attached hydrogens (tertiary/aromatic N) is 9. The summed E-state index contributed by atoms with van der Waals surface area (Å²) in [5, 5.41) is 20.0. The molecule has 0 radical (unpaired) electrons. The number of nitrogens with one attached hydrogen (secondary N) is 1. The molecule has 166 valence electrons. The number of aromatic nitrogens is 9. The Balaban J connectivity index is 1.15. The van der Waals surface area contributed by atoms with Crippen molar-refractivity contribution in [2.24, 2.45) is 5.92 Å². The zero-order chi connectivity index (χ0) is 22.0. The lowest BCUT2D eigenvalue weighted by molar-refractivity contribution is 0.301. The minimum absolute atomic E-state index is 0.542. The summed E-state index contributed by atoms with van der Waals surface area (Å²) in [5.41, 5.74) is 5.54. The average Bonchev–Trinajstić information content (AvgIpc) is 3.56. The summed E-state index contributed by atoms with van der Waals surface area (Å²) in [5.74, 6) is 0.863. The molecule has 5 heterocycles. The van der Waals surface area contributed by atoms with Gasteiger partial charge in [-0.1, -0.05) is 22.9 Å². The topological polar surface area (TPSA) is 104 Å². The van der Waals surface area contributed by atoms with Crippen LogP contribution in [0.1, 0.15) is 30.5 Å². The van der Waals surface area contributed by atoms with Gasteiger partial charge in [-0.2, -0.15) is 0 Å². The number of hydrogen-bond donors (Lipinski definition) is 1. The predicted octanol–water partition coefficient (Wildman–Crippen LogP) is 2.51. The Kier molecular flexibility index (Phi) is 5.11. The summed E-state index contributed by atoms with van der Waals surface area (Å²) >= 11 is 0. The summed E-state index contributed by atoms with van der Waals surface area (Å²) in [6.07, 6.45) is 17.1. The molecule has 0 bridgehead atoms. The number of imidazole rings is 1. The fraction of sp³-hybridized carbons (Fsp3) is 0.304. The molecule has 0 saturated heterocycles. The molecule has 0 aliphatic heterocycles. The lowest BCUT2D eigenvalue weighted by Crippen LogP contribution is -2.26. The third kappa shape index (κ3) is 4.24. The van der Waals surface area contributed by atoms with Crippen molar-refractivity contribution in [1.29, 1.82) is 0 Å². The van der Waals surface area contributed by atoms with Gasteiger partial charge in [0.2, 0.25) is 0 Å². The third-order valence-electron chi connectivity index (χ3n) is 6.12. The second-order valence-corrected chi connectivity index (χ2v) is 8.54. The van der Waals surface area contributed by atoms with Crippen LogP contribution in [0.2, 0.25) is 0 Å². The van der Waals surface area contributed by atoms with Crippen LogP contribution in [-0.2, 0) is 13.1 Å². The number of rotatable bonds is 8. The molecule has 5 aromatic rings. The molecule has 0 spiro atoms. The molecule has 0 aromatic carbocycles. The summed E-state index contributed by atoms with van der Waals surface area (Å²) in [4.78, 5) is 9.03. The van der Waals surface area contributed by atoms with E-state index in [2.05, 4.69) is 59.9 Å². The maximum Gasteiger partial charge on any atom is 0.137 e. The van der Waals surface area contributed by atoms with Crippen molar-refractivity contribution >= 4 is 5.65 Å². The van der Waals surface area contributed by atoms with Crippen LogP contribution in [0.5, 0.6) is 0 Å². The molecule has 5 aromatic heterocycles. The van der Waals surface area contributed by atoms with E-state index in [1.165, 1.54) is 24.8 Å². The largest absolute Gasteiger partial charge is 0.312 e. The predicted molar refractivity (Wildman–Crippen MR) is 122 cm³/mol. The zero-order valence-electron chi connectivity index (χ0n) is 18.1. The van der Waals surface area contributed by atoms with Gasteiger partial charge in [-0.25, -0.2) is 14.3 Å². The molecule has 1 N–H and O–H groups in total. The van der Waals surface area contributed by atoms with Gasteiger partial charge in [0, 0.05) is 30.7 Å². The highest BCUT2D eigenvalue weighted by Crippen LogP contribution is 2.25. The first-order valence-corrected chi connectivity index (χ1v) is 11.2. The van der Waals surface area contributed by atoms with Crippen molar-refractivity contribution in [2.45, 2.75) is 32.4 Å². The molecule has 1 aliphatic carbocycles. The SMILES string of the molecule is c1cn(-c2cncc(-c3cn(Cc4cn5cc(CNCC6CCC6)ccc5n4)nn3)c2)nn1. The smallest absolute Gasteiger partial charge is 0.137 e. The van der Waals surface area contributed by atoms with Gasteiger partial charge in [0.1, 0.15) is 11.3 Å². The summed E-state index contributed by atoms with van der Waals surface area (Å²) in [6, 6.07) is 6.17. The van der Waals surface area contributed by atoms with Gasteiger partial charge in [-0.15, -0.1) is 10.2 Å².